The summed E-state index contributed by atoms with van der Waals surface area (Å²) < 4.78 is 13.8. The zero-order valence-electron chi connectivity index (χ0n) is 7.66. The van der Waals surface area contributed by atoms with Gasteiger partial charge in [-0.3, -0.25) is 9.59 Å². The van der Waals surface area contributed by atoms with Crippen LogP contribution in [0.15, 0.2) is 12.5 Å². The van der Waals surface area contributed by atoms with Crippen LogP contribution in [-0.4, -0.2) is 25.2 Å². The average Bonchev–Trinajstić information content (AvgIpc) is 1.96. The van der Waals surface area contributed by atoms with Crippen LogP contribution in [0.5, 0.6) is 0 Å². The van der Waals surface area contributed by atoms with Gasteiger partial charge in [0, 0.05) is 13.8 Å². The lowest BCUT2D eigenvalue weighted by Gasteiger charge is -2.07. The van der Waals surface area contributed by atoms with Crippen molar-refractivity contribution in [1.82, 2.24) is 0 Å². The van der Waals surface area contributed by atoms with Crippen molar-refractivity contribution < 1.29 is 23.8 Å². The molecule has 0 aromatic rings. The van der Waals surface area contributed by atoms with Gasteiger partial charge >= 0.3 is 11.9 Å². The third kappa shape index (κ3) is 8.39. The highest BCUT2D eigenvalue weighted by atomic mass is 16.7. The number of hydrogen-bond acceptors (Lipinski definition) is 5. The fourth-order valence-corrected chi connectivity index (χ4v) is 0.531. The fraction of sp³-hybridized carbons (Fsp3) is 0.500. The van der Waals surface area contributed by atoms with E-state index in [1.54, 1.807) is 0 Å². The van der Waals surface area contributed by atoms with Crippen LogP contribution in [0.2, 0.25) is 0 Å². The van der Waals surface area contributed by atoms with Gasteiger partial charge in [-0.1, -0.05) is 0 Å². The Morgan fingerprint density at radius 1 is 1.08 bits per heavy atom. The van der Waals surface area contributed by atoms with Gasteiger partial charge in [-0.05, 0) is 6.58 Å². The monoisotopic (exact) mass is 188 g/mol. The topological polar surface area (TPSA) is 61.8 Å². The van der Waals surface area contributed by atoms with Crippen LogP contribution < -0.4 is 0 Å². The minimum Gasteiger partial charge on any atom is -0.462 e. The summed E-state index contributed by atoms with van der Waals surface area (Å²) in [4.78, 5) is 20.6. The van der Waals surface area contributed by atoms with Gasteiger partial charge in [0.15, 0.2) is 0 Å². The Labute approximate surface area is 76.3 Å². The summed E-state index contributed by atoms with van der Waals surface area (Å²) in [5.41, 5.74) is 0. The Balaban J connectivity index is 3.37. The Bertz CT molecular complexity index is 209. The van der Waals surface area contributed by atoms with Crippen molar-refractivity contribution in [2.24, 2.45) is 0 Å². The van der Waals surface area contributed by atoms with Crippen LogP contribution in [0.1, 0.15) is 13.8 Å². The lowest BCUT2D eigenvalue weighted by Crippen LogP contribution is -2.09. The molecule has 5 nitrogen and oxygen atoms in total. The number of rotatable bonds is 5. The molecular weight excluding hydrogens is 176 g/mol. The fourth-order valence-electron chi connectivity index (χ4n) is 0.531. The zero-order valence-corrected chi connectivity index (χ0v) is 7.66. The van der Waals surface area contributed by atoms with Crippen molar-refractivity contribution in [1.29, 1.82) is 0 Å². The molecule has 74 valence electrons. The number of esters is 2. The molecule has 0 aromatic heterocycles. The van der Waals surface area contributed by atoms with E-state index < -0.39 is 5.97 Å². The molecule has 5 heteroatoms. The molecule has 13 heavy (non-hydrogen) atoms. The minimum absolute atomic E-state index is 0.0975. The third-order valence-corrected chi connectivity index (χ3v) is 0.909. The van der Waals surface area contributed by atoms with E-state index in [0.717, 1.165) is 0 Å². The van der Waals surface area contributed by atoms with Crippen molar-refractivity contribution in [2.75, 3.05) is 13.2 Å². The molecule has 0 aromatic carbocycles. The van der Waals surface area contributed by atoms with Crippen LogP contribution in [0.3, 0.4) is 0 Å². The van der Waals surface area contributed by atoms with Gasteiger partial charge in [0.05, 0.1) is 0 Å². The summed E-state index contributed by atoms with van der Waals surface area (Å²) in [7, 11) is 0. The van der Waals surface area contributed by atoms with Crippen molar-refractivity contribution in [3.63, 3.8) is 0 Å². The van der Waals surface area contributed by atoms with Crippen LogP contribution in [-0.2, 0) is 23.8 Å². The number of carbonyl (C=O) groups excluding carboxylic acids is 2. The van der Waals surface area contributed by atoms with Crippen LogP contribution in [0, 0.1) is 0 Å². The second-order valence-electron chi connectivity index (χ2n) is 2.15. The van der Waals surface area contributed by atoms with Gasteiger partial charge in [-0.15, -0.1) is 0 Å². The van der Waals surface area contributed by atoms with Crippen molar-refractivity contribution in [3.05, 3.63) is 12.5 Å². The second-order valence-corrected chi connectivity index (χ2v) is 2.15. The number of hydrogen-bond donors (Lipinski definition) is 0. The Morgan fingerprint density at radius 2 is 1.62 bits per heavy atom. The summed E-state index contributed by atoms with van der Waals surface area (Å²) in [6.07, 6.45) is 0. The molecule has 0 unspecified atom stereocenters. The molecule has 0 atom stereocenters. The standard InChI is InChI=1S/C8H12O5/c1-6(9)11-4-5-12-8(3)13-7(2)10/h3-5H2,1-2H3. The van der Waals surface area contributed by atoms with E-state index in [4.69, 9.17) is 4.74 Å². The average molecular weight is 188 g/mol. The summed E-state index contributed by atoms with van der Waals surface area (Å²) in [6, 6.07) is 0. The molecule has 0 fully saturated rings. The molecule has 0 heterocycles. The SMILES string of the molecule is C=C(OCCOC(C)=O)OC(C)=O. The molecule has 0 saturated carbocycles. The van der Waals surface area contributed by atoms with Gasteiger partial charge in [-0.25, -0.2) is 0 Å². The maximum absolute atomic E-state index is 10.3. The van der Waals surface area contributed by atoms with Crippen LogP contribution >= 0.6 is 0 Å². The molecule has 0 rings (SSSR count). The predicted molar refractivity (Wildman–Crippen MR) is 43.5 cm³/mol. The van der Waals surface area contributed by atoms with E-state index in [0.29, 0.717) is 0 Å². The number of carbonyl (C=O) groups is 2. The number of ether oxygens (including phenoxy) is 3. The molecule has 0 saturated heterocycles. The lowest BCUT2D eigenvalue weighted by molar-refractivity contribution is -0.147. The van der Waals surface area contributed by atoms with Crippen LogP contribution in [0.4, 0.5) is 0 Å². The van der Waals surface area contributed by atoms with E-state index in [9.17, 15) is 9.59 Å². The maximum Gasteiger partial charge on any atom is 0.310 e. The van der Waals surface area contributed by atoms with Crippen molar-refractivity contribution in [3.8, 4) is 0 Å². The first-order chi connectivity index (χ1) is 6.02. The molecule has 0 amide bonds. The Kier molecular flexibility index (Phi) is 5.34. The van der Waals surface area contributed by atoms with Crippen LogP contribution in [0.25, 0.3) is 0 Å². The third-order valence-electron chi connectivity index (χ3n) is 0.909. The quantitative estimate of drug-likeness (QED) is 0.359. The highest BCUT2D eigenvalue weighted by molar-refractivity contribution is 5.67. The van der Waals surface area contributed by atoms with Gasteiger partial charge in [0.25, 0.3) is 5.95 Å². The molecule has 0 spiro atoms. The molecular formula is C8H12O5. The largest absolute Gasteiger partial charge is 0.462 e. The van der Waals surface area contributed by atoms with Gasteiger partial charge in [-0.2, -0.15) is 0 Å². The maximum atomic E-state index is 10.3. The molecule has 0 aliphatic rings. The van der Waals surface area contributed by atoms with E-state index in [2.05, 4.69) is 16.1 Å². The lowest BCUT2D eigenvalue weighted by atomic mass is 10.7. The molecule has 0 radical (unpaired) electrons. The van der Waals surface area contributed by atoms with E-state index >= 15 is 0 Å². The highest BCUT2D eigenvalue weighted by Crippen LogP contribution is 1.95. The van der Waals surface area contributed by atoms with Gasteiger partial charge in [0.2, 0.25) is 0 Å². The first-order valence-electron chi connectivity index (χ1n) is 3.66. The second kappa shape index (κ2) is 6.05. The molecule has 0 aliphatic heterocycles. The van der Waals surface area contributed by atoms with Gasteiger partial charge in [0.1, 0.15) is 13.2 Å². The van der Waals surface area contributed by atoms with Gasteiger partial charge < -0.3 is 14.2 Å². The first kappa shape index (κ1) is 11.5. The minimum atomic E-state index is -0.502. The molecule has 0 N–H and O–H groups in total. The van der Waals surface area contributed by atoms with E-state index in [-0.39, 0.29) is 25.1 Å². The Hall–Kier alpha value is -1.52. The predicted octanol–water partition coefficient (Wildman–Crippen LogP) is 0.600. The first-order valence-corrected chi connectivity index (χ1v) is 3.66. The summed E-state index contributed by atoms with van der Waals surface area (Å²) >= 11 is 0. The van der Waals surface area contributed by atoms with E-state index in [1.165, 1.54) is 13.8 Å². The van der Waals surface area contributed by atoms with Crippen molar-refractivity contribution in [2.45, 2.75) is 13.8 Å². The molecule has 0 aliphatic carbocycles. The normalized spacial score (nSPS) is 8.77. The Morgan fingerprint density at radius 3 is 2.08 bits per heavy atom. The zero-order chi connectivity index (χ0) is 10.3. The summed E-state index contributed by atoms with van der Waals surface area (Å²) in [5, 5.41) is 0. The molecule has 0 bridgehead atoms. The van der Waals surface area contributed by atoms with E-state index in [1.807, 2.05) is 0 Å². The summed E-state index contributed by atoms with van der Waals surface area (Å²) in [6.45, 7) is 6.06. The summed E-state index contributed by atoms with van der Waals surface area (Å²) in [5.74, 6) is -0.987. The highest BCUT2D eigenvalue weighted by Gasteiger charge is 1.99. The smallest absolute Gasteiger partial charge is 0.310 e. The van der Waals surface area contributed by atoms with Crippen molar-refractivity contribution >= 4 is 11.9 Å².